The number of carbonyl (C=O) groups excluding carboxylic acids is 1. The molecular weight excluding hydrogens is 455 g/mol. The molecule has 0 fully saturated rings. The summed E-state index contributed by atoms with van der Waals surface area (Å²) in [5.41, 5.74) is 1.92. The van der Waals surface area contributed by atoms with Gasteiger partial charge in [-0.05, 0) is 23.8 Å². The van der Waals surface area contributed by atoms with Crippen molar-refractivity contribution in [2.75, 3.05) is 5.32 Å². The molecule has 0 aliphatic rings. The van der Waals surface area contributed by atoms with Crippen LogP contribution in [0.5, 0.6) is 0 Å². The number of benzene rings is 2. The van der Waals surface area contributed by atoms with E-state index in [1.165, 1.54) is 18.2 Å². The fourth-order valence-corrected chi connectivity index (χ4v) is 3.56. The third kappa shape index (κ3) is 6.19. The highest BCUT2D eigenvalue weighted by atomic mass is 19.4. The van der Waals surface area contributed by atoms with Crippen LogP contribution in [0.1, 0.15) is 42.8 Å². The summed E-state index contributed by atoms with van der Waals surface area (Å²) in [6.45, 7) is 8.20. The van der Waals surface area contributed by atoms with E-state index < -0.39 is 23.6 Å². The zero-order chi connectivity index (χ0) is 25.6. The van der Waals surface area contributed by atoms with Crippen molar-refractivity contribution in [1.29, 1.82) is 0 Å². The van der Waals surface area contributed by atoms with E-state index in [1.807, 2.05) is 54.1 Å². The average Bonchev–Trinajstić information content (AvgIpc) is 3.23. The molecule has 0 saturated carbocycles. The van der Waals surface area contributed by atoms with Crippen molar-refractivity contribution in [1.82, 2.24) is 9.55 Å². The first kappa shape index (κ1) is 25.8. The summed E-state index contributed by atoms with van der Waals surface area (Å²) >= 11 is 0. The van der Waals surface area contributed by atoms with Crippen LogP contribution < -0.4 is 5.32 Å². The third-order valence-corrected chi connectivity index (χ3v) is 5.66. The van der Waals surface area contributed by atoms with Crippen molar-refractivity contribution in [2.24, 2.45) is 0 Å². The fraction of sp³-hybridized carbons (Fsp3) is 0.259. The number of hydrogen-bond acceptors (Lipinski definition) is 3. The summed E-state index contributed by atoms with van der Waals surface area (Å²) in [6, 6.07) is 15.8. The second-order valence-electron chi connectivity index (χ2n) is 8.54. The van der Waals surface area contributed by atoms with Gasteiger partial charge in [-0.25, -0.2) is 4.98 Å². The molecule has 2 aromatic carbocycles. The number of nitrogens with zero attached hydrogens (tertiary/aromatic N) is 2. The molecule has 1 atom stereocenters. The molecule has 3 rings (SSSR count). The zero-order valence-corrected chi connectivity index (χ0v) is 19.4. The Kier molecular flexibility index (Phi) is 7.82. The highest BCUT2D eigenvalue weighted by Crippen LogP contribution is 2.31. The van der Waals surface area contributed by atoms with E-state index in [1.54, 1.807) is 18.5 Å². The predicted octanol–water partition coefficient (Wildman–Crippen LogP) is 5.16. The van der Waals surface area contributed by atoms with Gasteiger partial charge in [-0.2, -0.15) is 13.2 Å². The number of anilines is 1. The van der Waals surface area contributed by atoms with E-state index in [-0.39, 0.29) is 17.7 Å². The van der Waals surface area contributed by atoms with Crippen molar-refractivity contribution in [2.45, 2.75) is 44.5 Å². The van der Waals surface area contributed by atoms with Gasteiger partial charge in [-0.15, -0.1) is 0 Å². The van der Waals surface area contributed by atoms with Gasteiger partial charge in [0.05, 0.1) is 29.5 Å². The van der Waals surface area contributed by atoms with Gasteiger partial charge in [0.15, 0.2) is 0 Å². The Morgan fingerprint density at radius 2 is 1.83 bits per heavy atom. The van der Waals surface area contributed by atoms with Crippen LogP contribution in [-0.2, 0) is 16.8 Å². The molecule has 0 spiro atoms. The number of amides is 1. The molecule has 1 aromatic heterocycles. The van der Waals surface area contributed by atoms with E-state index in [0.29, 0.717) is 12.2 Å². The van der Waals surface area contributed by atoms with Crippen LogP contribution in [0.2, 0.25) is 0 Å². The van der Waals surface area contributed by atoms with Crippen molar-refractivity contribution in [3.63, 3.8) is 0 Å². The van der Waals surface area contributed by atoms with Crippen LogP contribution >= 0.6 is 0 Å². The lowest BCUT2D eigenvalue weighted by molar-refractivity contribution is -0.167. The largest absolute Gasteiger partial charge is 0.471 e. The maximum Gasteiger partial charge on any atom is 0.471 e. The van der Waals surface area contributed by atoms with Crippen molar-refractivity contribution >= 4 is 17.7 Å². The van der Waals surface area contributed by atoms with E-state index in [2.05, 4.69) is 23.4 Å². The standard InChI is InChI=1S/C27H26F3N3O2/c1-4-22-24(31-18-33(22)17-19-11-6-5-7-12-19)26(2,3)23(34)16-10-14-20-13-8-9-15-21(20)32-25(35)27(28,29)30/h4-9,11-13,15,18,23,34H,1,16-17H2,2-3H3,(H,32,35). The summed E-state index contributed by atoms with van der Waals surface area (Å²) < 4.78 is 39.8. The Bertz CT molecular complexity index is 1250. The molecule has 3 aromatic rings. The SMILES string of the molecule is C=Cc1c(C(C)(C)C(O)CC#Cc2ccccc2NC(=O)C(F)(F)F)ncn1Cc1ccccc1. The number of aliphatic hydroxyl groups is 1. The second kappa shape index (κ2) is 10.6. The molecule has 1 unspecified atom stereocenters. The van der Waals surface area contributed by atoms with Gasteiger partial charge in [0.2, 0.25) is 0 Å². The first-order valence-electron chi connectivity index (χ1n) is 10.9. The minimum absolute atomic E-state index is 0.0384. The van der Waals surface area contributed by atoms with Crippen LogP contribution in [0.3, 0.4) is 0 Å². The lowest BCUT2D eigenvalue weighted by atomic mass is 9.80. The number of rotatable bonds is 7. The van der Waals surface area contributed by atoms with E-state index >= 15 is 0 Å². The van der Waals surface area contributed by atoms with Gasteiger partial charge >= 0.3 is 12.1 Å². The summed E-state index contributed by atoms with van der Waals surface area (Å²) in [6.07, 6.45) is -2.49. The first-order valence-corrected chi connectivity index (χ1v) is 10.9. The number of aromatic nitrogens is 2. The molecule has 0 aliphatic heterocycles. The molecule has 0 saturated heterocycles. The molecule has 0 radical (unpaired) electrons. The minimum atomic E-state index is -5.01. The van der Waals surface area contributed by atoms with E-state index in [0.717, 1.165) is 11.3 Å². The summed E-state index contributed by atoms with van der Waals surface area (Å²) in [4.78, 5) is 15.8. The number of carbonyl (C=O) groups is 1. The minimum Gasteiger partial charge on any atom is -0.391 e. The molecule has 0 bridgehead atoms. The quantitative estimate of drug-likeness (QED) is 0.459. The van der Waals surface area contributed by atoms with Crippen molar-refractivity contribution in [3.8, 4) is 11.8 Å². The predicted molar refractivity (Wildman–Crippen MR) is 130 cm³/mol. The number of para-hydroxylation sites is 1. The molecule has 1 heterocycles. The van der Waals surface area contributed by atoms with Crippen LogP contribution in [0.25, 0.3) is 6.08 Å². The molecule has 2 N–H and O–H groups in total. The van der Waals surface area contributed by atoms with Gasteiger partial charge < -0.3 is 15.0 Å². The molecule has 182 valence electrons. The third-order valence-electron chi connectivity index (χ3n) is 5.66. The average molecular weight is 482 g/mol. The van der Waals surface area contributed by atoms with E-state index in [9.17, 15) is 23.1 Å². The number of imidazole rings is 1. The first-order chi connectivity index (χ1) is 16.5. The number of aliphatic hydroxyl groups excluding tert-OH is 1. The number of hydrogen-bond donors (Lipinski definition) is 2. The summed E-state index contributed by atoms with van der Waals surface area (Å²) in [5.74, 6) is 3.50. The monoisotopic (exact) mass is 481 g/mol. The Labute approximate surface area is 202 Å². The van der Waals surface area contributed by atoms with Crippen LogP contribution in [0.4, 0.5) is 18.9 Å². The highest BCUT2D eigenvalue weighted by molar-refractivity contribution is 5.96. The van der Waals surface area contributed by atoms with Gasteiger partial charge in [0.1, 0.15) is 0 Å². The molecular formula is C27H26F3N3O2. The number of halogens is 3. The van der Waals surface area contributed by atoms with Gasteiger partial charge in [-0.3, -0.25) is 4.79 Å². The highest BCUT2D eigenvalue weighted by Gasteiger charge is 2.39. The molecule has 5 nitrogen and oxygen atoms in total. The molecule has 35 heavy (non-hydrogen) atoms. The lowest BCUT2D eigenvalue weighted by Crippen LogP contribution is -2.34. The topological polar surface area (TPSA) is 67.2 Å². The maximum atomic E-state index is 12.6. The Hall–Kier alpha value is -3.83. The van der Waals surface area contributed by atoms with Gasteiger partial charge in [0.25, 0.3) is 0 Å². The fourth-order valence-electron chi connectivity index (χ4n) is 3.56. The van der Waals surface area contributed by atoms with Crippen molar-refractivity contribution in [3.05, 3.63) is 90.0 Å². The van der Waals surface area contributed by atoms with Gasteiger partial charge in [-0.1, -0.05) is 74.7 Å². The summed E-state index contributed by atoms with van der Waals surface area (Å²) in [5, 5.41) is 12.8. The number of alkyl halides is 3. The Balaban J connectivity index is 1.77. The van der Waals surface area contributed by atoms with Crippen LogP contribution in [-0.4, -0.2) is 32.8 Å². The smallest absolute Gasteiger partial charge is 0.391 e. The maximum absolute atomic E-state index is 12.6. The summed E-state index contributed by atoms with van der Waals surface area (Å²) in [7, 11) is 0. The second-order valence-corrected chi connectivity index (χ2v) is 8.54. The lowest BCUT2D eigenvalue weighted by Gasteiger charge is -2.28. The normalized spacial score (nSPS) is 12.4. The molecule has 8 heteroatoms. The zero-order valence-electron chi connectivity index (χ0n) is 19.4. The molecule has 1 amide bonds. The van der Waals surface area contributed by atoms with Gasteiger partial charge in [0, 0.05) is 23.9 Å². The van der Waals surface area contributed by atoms with Crippen LogP contribution in [0, 0.1) is 11.8 Å². The van der Waals surface area contributed by atoms with Crippen LogP contribution in [0.15, 0.2) is 67.5 Å². The van der Waals surface area contributed by atoms with E-state index in [4.69, 9.17) is 0 Å². The Morgan fingerprint density at radius 1 is 1.17 bits per heavy atom. The van der Waals surface area contributed by atoms with Crippen molar-refractivity contribution < 1.29 is 23.1 Å². The Morgan fingerprint density at radius 3 is 2.49 bits per heavy atom. The molecule has 0 aliphatic carbocycles. The number of nitrogens with one attached hydrogen (secondary N) is 1.